The fraction of sp³-hybridized carbons (Fsp3) is 0.200. The van der Waals surface area contributed by atoms with Crippen LogP contribution in [0.15, 0.2) is 42.9 Å². The molecule has 0 aliphatic rings. The van der Waals surface area contributed by atoms with E-state index < -0.39 is 18.0 Å². The van der Waals surface area contributed by atoms with E-state index in [-0.39, 0.29) is 5.69 Å². The molecule has 1 aromatic carbocycles. The van der Waals surface area contributed by atoms with E-state index in [0.717, 1.165) is 0 Å². The Kier molecular flexibility index (Phi) is 5.02. The number of nitrogens with one attached hydrogen (secondary N) is 1. The zero-order valence-corrected chi connectivity index (χ0v) is 12.1. The maximum atomic E-state index is 12.0. The van der Waals surface area contributed by atoms with Crippen molar-refractivity contribution in [3.63, 3.8) is 0 Å². The zero-order valence-electron chi connectivity index (χ0n) is 12.1. The van der Waals surface area contributed by atoms with E-state index in [4.69, 9.17) is 9.47 Å². The number of hydrogen-bond acceptors (Lipinski definition) is 6. The number of aromatic nitrogens is 2. The van der Waals surface area contributed by atoms with Gasteiger partial charge in [0.1, 0.15) is 5.75 Å². The molecular weight excluding hydrogens is 286 g/mol. The van der Waals surface area contributed by atoms with Gasteiger partial charge in [-0.25, -0.2) is 9.78 Å². The summed E-state index contributed by atoms with van der Waals surface area (Å²) in [5, 5.41) is 2.64. The predicted octanol–water partition coefficient (Wildman–Crippen LogP) is 1.67. The molecule has 1 aromatic heterocycles. The minimum atomic E-state index is -0.972. The monoisotopic (exact) mass is 301 g/mol. The van der Waals surface area contributed by atoms with Crippen LogP contribution in [0.4, 0.5) is 5.69 Å². The SMILES string of the molecule is COc1cccc(NC(=O)[C@H](C)OC(=O)c2cnccn2)c1. The third-order valence-corrected chi connectivity index (χ3v) is 2.76. The van der Waals surface area contributed by atoms with Gasteiger partial charge in [-0.1, -0.05) is 6.07 Å². The maximum Gasteiger partial charge on any atom is 0.359 e. The summed E-state index contributed by atoms with van der Waals surface area (Å²) in [4.78, 5) is 31.4. The Balaban J connectivity index is 1.96. The van der Waals surface area contributed by atoms with Gasteiger partial charge in [0, 0.05) is 24.1 Å². The summed E-state index contributed by atoms with van der Waals surface area (Å²) in [5.74, 6) is -0.547. The van der Waals surface area contributed by atoms with E-state index in [9.17, 15) is 9.59 Å². The lowest BCUT2D eigenvalue weighted by Gasteiger charge is -2.13. The summed E-state index contributed by atoms with van der Waals surface area (Å²) in [5.41, 5.74) is 0.593. The first-order valence-electron chi connectivity index (χ1n) is 6.52. The second-order valence-corrected chi connectivity index (χ2v) is 4.36. The molecule has 0 radical (unpaired) electrons. The fourth-order valence-corrected chi connectivity index (χ4v) is 1.62. The molecular formula is C15H15N3O4. The van der Waals surface area contributed by atoms with E-state index >= 15 is 0 Å². The van der Waals surface area contributed by atoms with Crippen LogP contribution in [0.25, 0.3) is 0 Å². The standard InChI is InChI=1S/C15H15N3O4/c1-10(22-15(20)13-9-16-6-7-17-13)14(19)18-11-4-3-5-12(8-11)21-2/h3-10H,1-2H3,(H,18,19)/t10-/m0/s1. The second-order valence-electron chi connectivity index (χ2n) is 4.36. The molecule has 0 spiro atoms. The number of carbonyl (C=O) groups is 2. The van der Waals surface area contributed by atoms with E-state index in [1.165, 1.54) is 32.6 Å². The number of nitrogens with zero attached hydrogens (tertiary/aromatic N) is 2. The van der Waals surface area contributed by atoms with Crippen LogP contribution in [0.2, 0.25) is 0 Å². The van der Waals surface area contributed by atoms with Crippen molar-refractivity contribution in [2.24, 2.45) is 0 Å². The van der Waals surface area contributed by atoms with Gasteiger partial charge in [0.2, 0.25) is 0 Å². The van der Waals surface area contributed by atoms with Gasteiger partial charge in [0.05, 0.1) is 13.3 Å². The zero-order chi connectivity index (χ0) is 15.9. The highest BCUT2D eigenvalue weighted by atomic mass is 16.5. The number of anilines is 1. The quantitative estimate of drug-likeness (QED) is 0.845. The molecule has 2 aromatic rings. The Morgan fingerprint density at radius 1 is 1.27 bits per heavy atom. The van der Waals surface area contributed by atoms with Crippen LogP contribution in [0.3, 0.4) is 0 Å². The molecule has 0 saturated carbocycles. The fourth-order valence-electron chi connectivity index (χ4n) is 1.62. The number of esters is 1. The van der Waals surface area contributed by atoms with Crippen molar-refractivity contribution >= 4 is 17.6 Å². The van der Waals surface area contributed by atoms with E-state index in [2.05, 4.69) is 15.3 Å². The molecule has 7 heteroatoms. The lowest BCUT2D eigenvalue weighted by Crippen LogP contribution is -2.30. The van der Waals surface area contributed by atoms with Crippen molar-refractivity contribution < 1.29 is 19.1 Å². The first-order valence-corrected chi connectivity index (χ1v) is 6.52. The van der Waals surface area contributed by atoms with Gasteiger partial charge >= 0.3 is 5.97 Å². The van der Waals surface area contributed by atoms with Crippen LogP contribution in [0.1, 0.15) is 17.4 Å². The number of carbonyl (C=O) groups excluding carboxylic acids is 2. The first-order chi connectivity index (χ1) is 10.6. The van der Waals surface area contributed by atoms with Gasteiger partial charge < -0.3 is 14.8 Å². The Morgan fingerprint density at radius 3 is 2.77 bits per heavy atom. The Bertz CT molecular complexity index is 661. The number of rotatable bonds is 5. The van der Waals surface area contributed by atoms with Crippen LogP contribution in [-0.2, 0) is 9.53 Å². The van der Waals surface area contributed by atoms with Crippen LogP contribution in [0, 0.1) is 0 Å². The molecule has 0 saturated heterocycles. The largest absolute Gasteiger partial charge is 0.497 e. The normalized spacial score (nSPS) is 11.4. The molecule has 0 aliphatic carbocycles. The Morgan fingerprint density at radius 2 is 2.09 bits per heavy atom. The smallest absolute Gasteiger partial charge is 0.359 e. The van der Waals surface area contributed by atoms with Gasteiger partial charge in [0.15, 0.2) is 11.8 Å². The number of ether oxygens (including phenoxy) is 2. The average Bonchev–Trinajstić information content (AvgIpc) is 2.55. The number of methoxy groups -OCH3 is 1. The van der Waals surface area contributed by atoms with E-state index in [1.54, 1.807) is 24.3 Å². The number of hydrogen-bond donors (Lipinski definition) is 1. The van der Waals surface area contributed by atoms with Gasteiger partial charge in [-0.2, -0.15) is 0 Å². The van der Waals surface area contributed by atoms with E-state index in [0.29, 0.717) is 11.4 Å². The second kappa shape index (κ2) is 7.16. The highest BCUT2D eigenvalue weighted by Gasteiger charge is 2.20. The Hall–Kier alpha value is -2.96. The van der Waals surface area contributed by atoms with Gasteiger partial charge in [-0.3, -0.25) is 9.78 Å². The van der Waals surface area contributed by atoms with Crippen molar-refractivity contribution in [2.45, 2.75) is 13.0 Å². The Labute approximate surface area is 127 Å². The molecule has 1 amide bonds. The molecule has 0 aliphatic heterocycles. The van der Waals surface area contributed by atoms with Crippen LogP contribution >= 0.6 is 0 Å². The van der Waals surface area contributed by atoms with Gasteiger partial charge in [-0.15, -0.1) is 0 Å². The molecule has 1 atom stereocenters. The highest BCUT2D eigenvalue weighted by molar-refractivity contribution is 5.96. The molecule has 1 heterocycles. The van der Waals surface area contributed by atoms with Crippen molar-refractivity contribution in [1.82, 2.24) is 9.97 Å². The topological polar surface area (TPSA) is 90.4 Å². The first kappa shape index (κ1) is 15.4. The summed E-state index contributed by atoms with van der Waals surface area (Å²) in [6, 6.07) is 6.87. The number of benzene rings is 1. The molecule has 7 nitrogen and oxygen atoms in total. The molecule has 0 fully saturated rings. The third kappa shape index (κ3) is 4.02. The molecule has 22 heavy (non-hydrogen) atoms. The summed E-state index contributed by atoms with van der Waals surface area (Å²) < 4.78 is 10.1. The van der Waals surface area contributed by atoms with Gasteiger partial charge in [0.25, 0.3) is 5.91 Å². The molecule has 2 rings (SSSR count). The third-order valence-electron chi connectivity index (χ3n) is 2.76. The maximum absolute atomic E-state index is 12.0. The molecule has 0 unspecified atom stereocenters. The summed E-state index contributed by atoms with van der Waals surface area (Å²) >= 11 is 0. The lowest BCUT2D eigenvalue weighted by molar-refractivity contribution is -0.123. The minimum absolute atomic E-state index is 0.0449. The summed E-state index contributed by atoms with van der Waals surface area (Å²) in [6.07, 6.45) is 3.11. The average molecular weight is 301 g/mol. The van der Waals surface area contributed by atoms with Crippen molar-refractivity contribution in [1.29, 1.82) is 0 Å². The van der Waals surface area contributed by atoms with Crippen LogP contribution in [-0.4, -0.2) is 35.1 Å². The van der Waals surface area contributed by atoms with Crippen LogP contribution < -0.4 is 10.1 Å². The summed E-state index contributed by atoms with van der Waals surface area (Å²) in [7, 11) is 1.53. The lowest BCUT2D eigenvalue weighted by atomic mass is 10.3. The van der Waals surface area contributed by atoms with Gasteiger partial charge in [-0.05, 0) is 19.1 Å². The molecule has 0 bridgehead atoms. The van der Waals surface area contributed by atoms with Crippen molar-refractivity contribution in [2.75, 3.05) is 12.4 Å². The van der Waals surface area contributed by atoms with Crippen molar-refractivity contribution in [3.8, 4) is 5.75 Å². The van der Waals surface area contributed by atoms with Crippen molar-refractivity contribution in [3.05, 3.63) is 48.5 Å². The van der Waals surface area contributed by atoms with Crippen LogP contribution in [0.5, 0.6) is 5.75 Å². The number of amides is 1. The molecule has 114 valence electrons. The predicted molar refractivity (Wildman–Crippen MR) is 78.5 cm³/mol. The highest BCUT2D eigenvalue weighted by Crippen LogP contribution is 2.17. The molecule has 1 N–H and O–H groups in total. The van der Waals surface area contributed by atoms with E-state index in [1.807, 2.05) is 0 Å². The minimum Gasteiger partial charge on any atom is -0.497 e. The summed E-state index contributed by atoms with van der Waals surface area (Å²) in [6.45, 7) is 1.48.